The lowest BCUT2D eigenvalue weighted by molar-refractivity contribution is 0.301. The Morgan fingerprint density at radius 1 is 1.50 bits per heavy atom. The van der Waals surface area contributed by atoms with E-state index in [4.69, 9.17) is 16.7 Å². The van der Waals surface area contributed by atoms with Gasteiger partial charge in [-0.25, -0.2) is 9.97 Å². The number of aliphatic hydroxyl groups is 1. The minimum absolute atomic E-state index is 0.113. The molecule has 78 valence electrons. The molecule has 0 aromatic carbocycles. The van der Waals surface area contributed by atoms with Crippen LogP contribution in [0.1, 0.15) is 13.3 Å². The van der Waals surface area contributed by atoms with Gasteiger partial charge in [-0.15, -0.1) is 0 Å². The minimum atomic E-state index is 0.113. The number of halogens is 1. The molecule has 1 aromatic rings. The summed E-state index contributed by atoms with van der Waals surface area (Å²) in [5.74, 6) is 0.765. The molecule has 0 saturated carbocycles. The molecule has 0 aliphatic rings. The van der Waals surface area contributed by atoms with Gasteiger partial charge in [-0.2, -0.15) is 0 Å². The third-order valence-electron chi connectivity index (χ3n) is 1.80. The smallest absolute Gasteiger partial charge is 0.224 e. The van der Waals surface area contributed by atoms with Gasteiger partial charge in [0.25, 0.3) is 0 Å². The first-order valence-corrected chi connectivity index (χ1v) is 5.00. The van der Waals surface area contributed by atoms with Crippen LogP contribution < -0.4 is 4.90 Å². The molecule has 14 heavy (non-hydrogen) atoms. The van der Waals surface area contributed by atoms with E-state index in [0.29, 0.717) is 6.54 Å². The monoisotopic (exact) mass is 215 g/mol. The van der Waals surface area contributed by atoms with Gasteiger partial charge in [0.05, 0.1) is 6.61 Å². The van der Waals surface area contributed by atoms with E-state index >= 15 is 0 Å². The Morgan fingerprint density at radius 2 is 2.29 bits per heavy atom. The second-order valence-electron chi connectivity index (χ2n) is 2.89. The van der Waals surface area contributed by atoms with Gasteiger partial charge in [0.2, 0.25) is 5.28 Å². The maximum Gasteiger partial charge on any atom is 0.224 e. The predicted octanol–water partition coefficient (Wildman–Crippen LogP) is 1.34. The molecular weight excluding hydrogens is 202 g/mol. The minimum Gasteiger partial charge on any atom is -0.395 e. The molecule has 5 heteroatoms. The standard InChI is InChI=1S/C9H14ClN3O/c1-2-5-13(6-7-14)8-3-4-11-9(10)12-8/h3-4,14H,2,5-7H2,1H3. The number of anilines is 1. The predicted molar refractivity (Wildman–Crippen MR) is 56.6 cm³/mol. The van der Waals surface area contributed by atoms with E-state index in [-0.39, 0.29) is 11.9 Å². The summed E-state index contributed by atoms with van der Waals surface area (Å²) in [4.78, 5) is 9.87. The fourth-order valence-electron chi connectivity index (χ4n) is 1.23. The van der Waals surface area contributed by atoms with Gasteiger partial charge >= 0.3 is 0 Å². The van der Waals surface area contributed by atoms with E-state index in [1.165, 1.54) is 0 Å². The van der Waals surface area contributed by atoms with Crippen molar-refractivity contribution in [3.63, 3.8) is 0 Å². The quantitative estimate of drug-likeness (QED) is 0.754. The first-order chi connectivity index (χ1) is 6.77. The summed E-state index contributed by atoms with van der Waals surface area (Å²) in [6.07, 6.45) is 2.62. The number of aromatic nitrogens is 2. The number of hydrogen-bond donors (Lipinski definition) is 1. The number of hydrogen-bond acceptors (Lipinski definition) is 4. The Kier molecular flexibility index (Phi) is 4.62. The molecule has 0 spiro atoms. The molecule has 0 radical (unpaired) electrons. The Balaban J connectivity index is 2.75. The summed E-state index contributed by atoms with van der Waals surface area (Å²) in [7, 11) is 0. The second-order valence-corrected chi connectivity index (χ2v) is 3.23. The molecule has 0 fully saturated rings. The SMILES string of the molecule is CCCN(CCO)c1ccnc(Cl)n1. The van der Waals surface area contributed by atoms with Crippen LogP contribution in [0.4, 0.5) is 5.82 Å². The highest BCUT2D eigenvalue weighted by Crippen LogP contribution is 2.12. The molecule has 1 rings (SSSR count). The molecule has 0 saturated heterocycles. The van der Waals surface area contributed by atoms with Gasteiger partial charge in [-0.1, -0.05) is 6.92 Å². The average Bonchev–Trinajstić information content (AvgIpc) is 2.17. The van der Waals surface area contributed by atoms with Gasteiger partial charge in [0, 0.05) is 19.3 Å². The van der Waals surface area contributed by atoms with Crippen LogP contribution in [0.5, 0.6) is 0 Å². The van der Waals surface area contributed by atoms with Crippen molar-refractivity contribution in [2.75, 3.05) is 24.6 Å². The topological polar surface area (TPSA) is 49.2 Å². The van der Waals surface area contributed by atoms with Crippen molar-refractivity contribution in [3.05, 3.63) is 17.5 Å². The highest BCUT2D eigenvalue weighted by molar-refractivity contribution is 6.28. The highest BCUT2D eigenvalue weighted by Gasteiger charge is 2.06. The van der Waals surface area contributed by atoms with Crippen LogP contribution in [0, 0.1) is 0 Å². The van der Waals surface area contributed by atoms with Crippen LogP contribution in [0.15, 0.2) is 12.3 Å². The van der Waals surface area contributed by atoms with Crippen LogP contribution >= 0.6 is 11.6 Å². The van der Waals surface area contributed by atoms with Gasteiger partial charge in [0.1, 0.15) is 5.82 Å². The molecule has 1 aromatic heterocycles. The second kappa shape index (κ2) is 5.78. The molecule has 0 aliphatic heterocycles. The molecule has 1 N–H and O–H groups in total. The van der Waals surface area contributed by atoms with Crippen LogP contribution in [0.3, 0.4) is 0 Å². The third kappa shape index (κ3) is 3.12. The maximum absolute atomic E-state index is 8.88. The number of rotatable bonds is 5. The highest BCUT2D eigenvalue weighted by atomic mass is 35.5. The van der Waals surface area contributed by atoms with Gasteiger partial charge in [-0.05, 0) is 24.1 Å². The summed E-state index contributed by atoms with van der Waals surface area (Å²) in [5.41, 5.74) is 0. The van der Waals surface area contributed by atoms with Crippen molar-refractivity contribution in [3.8, 4) is 0 Å². The van der Waals surface area contributed by atoms with Crippen LogP contribution in [0.2, 0.25) is 5.28 Å². The summed E-state index contributed by atoms with van der Waals surface area (Å²) >= 11 is 5.68. The normalized spacial score (nSPS) is 10.2. The first kappa shape index (κ1) is 11.2. The zero-order valence-electron chi connectivity index (χ0n) is 8.15. The molecule has 0 aliphatic carbocycles. The average molecular weight is 216 g/mol. The fraction of sp³-hybridized carbons (Fsp3) is 0.556. The van der Waals surface area contributed by atoms with Crippen molar-refractivity contribution in [2.45, 2.75) is 13.3 Å². The molecular formula is C9H14ClN3O. The van der Waals surface area contributed by atoms with Crippen LogP contribution in [0.25, 0.3) is 0 Å². The van der Waals surface area contributed by atoms with Gasteiger partial charge in [-0.3, -0.25) is 0 Å². The van der Waals surface area contributed by atoms with Crippen molar-refractivity contribution >= 4 is 17.4 Å². The molecule has 0 amide bonds. The Hall–Kier alpha value is -0.870. The number of nitrogens with zero attached hydrogens (tertiary/aromatic N) is 3. The Morgan fingerprint density at radius 3 is 2.86 bits per heavy atom. The Bertz CT molecular complexity index is 277. The molecule has 0 unspecified atom stereocenters. The Labute approximate surface area is 88.6 Å². The van der Waals surface area contributed by atoms with Crippen molar-refractivity contribution in [1.82, 2.24) is 9.97 Å². The largest absolute Gasteiger partial charge is 0.395 e. The lowest BCUT2D eigenvalue weighted by Gasteiger charge is -2.21. The van der Waals surface area contributed by atoms with Crippen LogP contribution in [-0.4, -0.2) is 34.8 Å². The summed E-state index contributed by atoms with van der Waals surface area (Å²) < 4.78 is 0. The number of aliphatic hydroxyl groups excluding tert-OH is 1. The maximum atomic E-state index is 8.88. The molecule has 0 atom stereocenters. The molecule has 0 bridgehead atoms. The van der Waals surface area contributed by atoms with E-state index in [1.54, 1.807) is 12.3 Å². The summed E-state index contributed by atoms with van der Waals surface area (Å²) in [6.45, 7) is 3.61. The molecule has 4 nitrogen and oxygen atoms in total. The van der Waals surface area contributed by atoms with E-state index in [2.05, 4.69) is 16.9 Å². The first-order valence-electron chi connectivity index (χ1n) is 4.62. The van der Waals surface area contributed by atoms with Crippen molar-refractivity contribution in [2.24, 2.45) is 0 Å². The van der Waals surface area contributed by atoms with E-state index in [0.717, 1.165) is 18.8 Å². The lowest BCUT2D eigenvalue weighted by Crippen LogP contribution is -2.28. The van der Waals surface area contributed by atoms with E-state index < -0.39 is 0 Å². The third-order valence-corrected chi connectivity index (χ3v) is 1.98. The lowest BCUT2D eigenvalue weighted by atomic mass is 10.4. The van der Waals surface area contributed by atoms with Crippen molar-refractivity contribution < 1.29 is 5.11 Å². The summed E-state index contributed by atoms with van der Waals surface area (Å²) in [6, 6.07) is 1.79. The van der Waals surface area contributed by atoms with Crippen LogP contribution in [-0.2, 0) is 0 Å². The fourth-order valence-corrected chi connectivity index (χ4v) is 1.38. The molecule has 1 heterocycles. The zero-order chi connectivity index (χ0) is 10.4. The zero-order valence-corrected chi connectivity index (χ0v) is 8.91. The van der Waals surface area contributed by atoms with E-state index in [1.807, 2.05) is 4.90 Å². The van der Waals surface area contributed by atoms with E-state index in [9.17, 15) is 0 Å². The van der Waals surface area contributed by atoms with Gasteiger partial charge in [0.15, 0.2) is 0 Å². The van der Waals surface area contributed by atoms with Gasteiger partial charge < -0.3 is 10.0 Å². The van der Waals surface area contributed by atoms with Crippen molar-refractivity contribution in [1.29, 1.82) is 0 Å². The summed E-state index contributed by atoms with van der Waals surface area (Å²) in [5, 5.41) is 9.11.